The molecule has 0 saturated carbocycles. The van der Waals surface area contributed by atoms with Crippen molar-refractivity contribution in [3.05, 3.63) is 155 Å². The molecule has 0 fully saturated rings. The van der Waals surface area contributed by atoms with E-state index in [4.69, 9.17) is 0 Å². The Morgan fingerprint density at radius 1 is 0.690 bits per heavy atom. The van der Waals surface area contributed by atoms with Crippen molar-refractivity contribution in [2.45, 2.75) is 77.3 Å². The number of benzene rings is 4. The van der Waals surface area contributed by atoms with Crippen LogP contribution < -0.4 is 0 Å². The normalized spacial score (nSPS) is 12.7. The summed E-state index contributed by atoms with van der Waals surface area (Å²) in [7, 11) is 0.987. The topological polar surface area (TPSA) is 0 Å². The first-order chi connectivity index (χ1) is 19.6. The molecule has 2 aliphatic carbocycles. The molecule has 4 aromatic rings. The van der Waals surface area contributed by atoms with E-state index in [1.54, 1.807) is 0 Å². The minimum absolute atomic E-state index is 0. The molecule has 0 aliphatic heterocycles. The van der Waals surface area contributed by atoms with Crippen LogP contribution in [0.2, 0.25) is 0 Å². The van der Waals surface area contributed by atoms with Gasteiger partial charge in [0.15, 0.2) is 0 Å². The summed E-state index contributed by atoms with van der Waals surface area (Å²) >= 11 is 0. The average molecular weight is 644 g/mol. The monoisotopic (exact) mass is 642 g/mol. The van der Waals surface area contributed by atoms with Gasteiger partial charge in [0.2, 0.25) is 0 Å². The minimum atomic E-state index is 0. The van der Waals surface area contributed by atoms with E-state index in [-0.39, 0.29) is 37.0 Å². The van der Waals surface area contributed by atoms with Crippen molar-refractivity contribution in [3.63, 3.8) is 0 Å². The Morgan fingerprint density at radius 2 is 1.29 bits per heavy atom. The summed E-state index contributed by atoms with van der Waals surface area (Å²) in [5.74, 6) is 0. The van der Waals surface area contributed by atoms with E-state index in [2.05, 4.69) is 151 Å². The van der Waals surface area contributed by atoms with Gasteiger partial charge in [0, 0.05) is 9.52 Å². The van der Waals surface area contributed by atoms with Gasteiger partial charge >= 0.3 is 26.2 Å². The molecule has 212 valence electrons. The van der Waals surface area contributed by atoms with Crippen LogP contribution in [0.15, 0.2) is 109 Å². The molecule has 0 amide bonds. The predicted molar refractivity (Wildman–Crippen MR) is 179 cm³/mol. The summed E-state index contributed by atoms with van der Waals surface area (Å²) in [5, 5.41) is 0. The first kappa shape index (κ1) is 34.0. The van der Waals surface area contributed by atoms with Crippen molar-refractivity contribution in [3.8, 4) is 11.1 Å². The molecule has 0 saturated heterocycles. The SMILES string of the molecule is CC(C)(C)c1[c-]c2c(cc1)-c1ccc(C(C)(C)C)cc1C2.[C-]1=CC=CC1.[Zr+2].c1ccc(C[Si]Cc2ccccc2)cc1. The fourth-order valence-electron chi connectivity index (χ4n) is 4.91. The van der Waals surface area contributed by atoms with Gasteiger partial charge in [0.25, 0.3) is 0 Å². The van der Waals surface area contributed by atoms with Gasteiger partial charge in [0.05, 0.1) is 0 Å². The summed E-state index contributed by atoms with van der Waals surface area (Å²) in [6.07, 6.45) is 11.0. The predicted octanol–water partition coefficient (Wildman–Crippen LogP) is 10.0. The Balaban J connectivity index is 0.000000201. The van der Waals surface area contributed by atoms with Crippen molar-refractivity contribution >= 4 is 9.52 Å². The first-order valence-corrected chi connectivity index (χ1v) is 16.2. The molecule has 0 heterocycles. The molecule has 0 nitrogen and oxygen atoms in total. The second kappa shape index (κ2) is 15.8. The smallest absolute Gasteiger partial charge is 0.273 e. The molecule has 0 N–H and O–H groups in total. The zero-order valence-corrected chi connectivity index (χ0v) is 29.7. The van der Waals surface area contributed by atoms with Crippen LogP contribution in [0.25, 0.3) is 11.1 Å². The maximum absolute atomic E-state index is 3.67. The third-order valence-corrected chi connectivity index (χ3v) is 8.71. The summed E-state index contributed by atoms with van der Waals surface area (Å²) in [6.45, 7) is 13.6. The molecule has 2 radical (unpaired) electrons. The molecule has 42 heavy (non-hydrogen) atoms. The second-order valence-electron chi connectivity index (χ2n) is 12.9. The third kappa shape index (κ3) is 10.0. The summed E-state index contributed by atoms with van der Waals surface area (Å²) in [5.41, 5.74) is 11.6. The number of hydrogen-bond acceptors (Lipinski definition) is 0. The number of hydrogen-bond donors (Lipinski definition) is 0. The van der Waals surface area contributed by atoms with Crippen molar-refractivity contribution in [1.82, 2.24) is 0 Å². The molecule has 0 aromatic heterocycles. The quantitative estimate of drug-likeness (QED) is 0.135. The maximum Gasteiger partial charge on any atom is 2.00 e. The number of fused-ring (bicyclic) bond motifs is 3. The van der Waals surface area contributed by atoms with Crippen molar-refractivity contribution < 1.29 is 26.2 Å². The Kier molecular flexibility index (Phi) is 12.8. The van der Waals surface area contributed by atoms with Crippen LogP contribution in [0, 0.1) is 12.1 Å². The van der Waals surface area contributed by atoms with Gasteiger partial charge in [0.1, 0.15) is 0 Å². The van der Waals surface area contributed by atoms with E-state index in [0.717, 1.165) is 22.4 Å². The van der Waals surface area contributed by atoms with Gasteiger partial charge in [-0.15, -0.1) is 17.5 Å². The van der Waals surface area contributed by atoms with Gasteiger partial charge in [-0.25, -0.2) is 12.2 Å². The third-order valence-electron chi connectivity index (χ3n) is 7.39. The summed E-state index contributed by atoms with van der Waals surface area (Å²) in [4.78, 5) is 0. The van der Waals surface area contributed by atoms with Crippen molar-refractivity contribution in [2.75, 3.05) is 0 Å². The minimum Gasteiger partial charge on any atom is -0.273 e. The van der Waals surface area contributed by atoms with Gasteiger partial charge < -0.3 is 0 Å². The van der Waals surface area contributed by atoms with Crippen LogP contribution in [0.1, 0.15) is 81.3 Å². The molecular formula is C40H44SiZr. The zero-order chi connectivity index (χ0) is 29.3. The van der Waals surface area contributed by atoms with Gasteiger partial charge in [-0.2, -0.15) is 29.8 Å². The van der Waals surface area contributed by atoms with E-state index >= 15 is 0 Å². The van der Waals surface area contributed by atoms with E-state index in [1.807, 2.05) is 12.2 Å². The molecule has 6 rings (SSSR count). The fourth-order valence-corrected chi connectivity index (χ4v) is 6.08. The Bertz CT molecular complexity index is 1340. The Morgan fingerprint density at radius 3 is 1.76 bits per heavy atom. The van der Waals surface area contributed by atoms with Crippen molar-refractivity contribution in [2.24, 2.45) is 0 Å². The fraction of sp³-hybridized carbons (Fsp3) is 0.300. The van der Waals surface area contributed by atoms with E-state index in [0.29, 0.717) is 0 Å². The van der Waals surface area contributed by atoms with Crippen LogP contribution in [0.5, 0.6) is 0 Å². The molecule has 0 atom stereocenters. The standard InChI is InChI=1S/C21H25.C14H14Si.C5H5.Zr/c1-20(2,3)16-7-9-18-14(12-16)11-15-13-17(21(4,5)6)8-10-19(15)18;1-3-7-13(8-4-1)11-15-12-14-9-5-2-6-10-14;1-2-4-5-3-1;/h7-10,12H,11H2,1-6H3;1-10H,11-12H2;1-3H,4H2;/q-1;;-1;+2. The number of rotatable bonds is 4. The molecular weight excluding hydrogens is 600 g/mol. The molecule has 0 bridgehead atoms. The molecule has 4 aromatic carbocycles. The van der Waals surface area contributed by atoms with Gasteiger partial charge in [-0.05, 0) is 40.5 Å². The molecule has 0 unspecified atom stereocenters. The zero-order valence-electron chi connectivity index (χ0n) is 26.2. The molecule has 0 spiro atoms. The Labute approximate surface area is 277 Å². The van der Waals surface area contributed by atoms with Crippen LogP contribution in [0.3, 0.4) is 0 Å². The Hall–Kier alpha value is -2.54. The van der Waals surface area contributed by atoms with Crippen molar-refractivity contribution in [1.29, 1.82) is 0 Å². The van der Waals surface area contributed by atoms with E-state index < -0.39 is 0 Å². The average Bonchev–Trinajstić information content (AvgIpc) is 3.65. The van der Waals surface area contributed by atoms with E-state index in [9.17, 15) is 0 Å². The van der Waals surface area contributed by atoms with E-state index in [1.165, 1.54) is 56.6 Å². The number of allylic oxidation sites excluding steroid dienone is 4. The maximum atomic E-state index is 3.67. The first-order valence-electron chi connectivity index (χ1n) is 14.8. The van der Waals surface area contributed by atoms with Crippen LogP contribution in [-0.4, -0.2) is 9.52 Å². The summed E-state index contributed by atoms with van der Waals surface area (Å²) < 4.78 is 0. The largest absolute Gasteiger partial charge is 2.00 e. The summed E-state index contributed by atoms with van der Waals surface area (Å²) in [6, 6.07) is 39.0. The van der Waals surface area contributed by atoms with Gasteiger partial charge in [-0.3, -0.25) is 6.08 Å². The molecule has 2 heteroatoms. The van der Waals surface area contributed by atoms with Crippen LogP contribution in [0.4, 0.5) is 0 Å². The molecule has 2 aliphatic rings. The second-order valence-corrected chi connectivity index (χ2v) is 14.1. The van der Waals surface area contributed by atoms with Crippen LogP contribution >= 0.6 is 0 Å². The van der Waals surface area contributed by atoms with Crippen LogP contribution in [-0.2, 0) is 55.5 Å². The van der Waals surface area contributed by atoms with Gasteiger partial charge in [-0.1, -0.05) is 137 Å².